The Kier molecular flexibility index (Phi) is 2.85. The molecule has 0 aromatic carbocycles. The average Bonchev–Trinajstić information content (AvgIpc) is 2.54. The fraction of sp³-hybridized carbons (Fsp3) is 0.750. The van der Waals surface area contributed by atoms with Crippen molar-refractivity contribution in [2.24, 2.45) is 7.05 Å². The number of thioether (sulfide) groups is 1. The zero-order valence-corrected chi connectivity index (χ0v) is 8.55. The van der Waals surface area contributed by atoms with Gasteiger partial charge in [0.15, 0.2) is 0 Å². The molecule has 1 aliphatic rings. The Bertz CT molecular complexity index is 267. The largest absolute Gasteiger partial charge is 0.321 e. The van der Waals surface area contributed by atoms with E-state index >= 15 is 0 Å². The van der Waals surface area contributed by atoms with Crippen molar-refractivity contribution in [1.82, 2.24) is 20.1 Å². The Hall–Kier alpha value is -0.550. The van der Waals surface area contributed by atoms with Crippen LogP contribution in [0.25, 0.3) is 0 Å². The van der Waals surface area contributed by atoms with Gasteiger partial charge in [0, 0.05) is 37.6 Å². The number of aromatic nitrogens is 3. The fourth-order valence-electron chi connectivity index (χ4n) is 1.46. The summed E-state index contributed by atoms with van der Waals surface area (Å²) in [5, 5.41) is 11.4. The zero-order chi connectivity index (χ0) is 9.10. The van der Waals surface area contributed by atoms with Crippen molar-refractivity contribution in [1.29, 1.82) is 0 Å². The molecule has 1 N–H and O–H groups in total. The van der Waals surface area contributed by atoms with Crippen LogP contribution in [0, 0.1) is 0 Å². The minimum atomic E-state index is 0.571. The number of rotatable bonds is 2. The van der Waals surface area contributed by atoms with E-state index in [2.05, 4.69) is 15.5 Å². The third kappa shape index (κ3) is 2.22. The Morgan fingerprint density at radius 3 is 3.31 bits per heavy atom. The van der Waals surface area contributed by atoms with E-state index < -0.39 is 0 Å². The molecule has 1 aromatic heterocycles. The van der Waals surface area contributed by atoms with Crippen LogP contribution in [-0.4, -0.2) is 38.9 Å². The summed E-state index contributed by atoms with van der Waals surface area (Å²) in [5.74, 6) is 3.49. The van der Waals surface area contributed by atoms with Crippen molar-refractivity contribution in [3.8, 4) is 0 Å². The molecule has 2 rings (SSSR count). The van der Waals surface area contributed by atoms with Crippen molar-refractivity contribution in [2.75, 3.05) is 18.1 Å². The van der Waals surface area contributed by atoms with Crippen LogP contribution in [0.1, 0.15) is 5.82 Å². The van der Waals surface area contributed by atoms with E-state index in [0.29, 0.717) is 6.04 Å². The summed E-state index contributed by atoms with van der Waals surface area (Å²) in [5.41, 5.74) is 0. The van der Waals surface area contributed by atoms with Crippen molar-refractivity contribution < 1.29 is 0 Å². The van der Waals surface area contributed by atoms with Crippen LogP contribution in [0.4, 0.5) is 0 Å². The van der Waals surface area contributed by atoms with Gasteiger partial charge in [-0.1, -0.05) is 0 Å². The fourth-order valence-corrected chi connectivity index (χ4v) is 2.41. The maximum Gasteiger partial charge on any atom is 0.134 e. The molecular formula is C8H14N4S. The molecule has 1 atom stereocenters. The number of nitrogens with one attached hydrogen (secondary N) is 1. The Balaban J connectivity index is 1.93. The van der Waals surface area contributed by atoms with Crippen LogP contribution in [-0.2, 0) is 13.5 Å². The van der Waals surface area contributed by atoms with E-state index in [1.165, 1.54) is 11.5 Å². The molecule has 4 nitrogen and oxygen atoms in total. The van der Waals surface area contributed by atoms with E-state index in [9.17, 15) is 0 Å². The molecule has 5 heteroatoms. The number of aryl methyl sites for hydroxylation is 1. The van der Waals surface area contributed by atoms with Gasteiger partial charge in [-0.3, -0.25) is 0 Å². The van der Waals surface area contributed by atoms with Crippen LogP contribution in [0.5, 0.6) is 0 Å². The lowest BCUT2D eigenvalue weighted by atomic mass is 10.2. The molecule has 0 radical (unpaired) electrons. The van der Waals surface area contributed by atoms with Gasteiger partial charge >= 0.3 is 0 Å². The first-order valence-corrected chi connectivity index (χ1v) is 5.66. The molecule has 1 saturated heterocycles. The lowest BCUT2D eigenvalue weighted by molar-refractivity contribution is 0.541. The van der Waals surface area contributed by atoms with Gasteiger partial charge in [0.05, 0.1) is 0 Å². The van der Waals surface area contributed by atoms with E-state index in [-0.39, 0.29) is 0 Å². The van der Waals surface area contributed by atoms with Gasteiger partial charge in [0.1, 0.15) is 12.2 Å². The average molecular weight is 198 g/mol. The van der Waals surface area contributed by atoms with Crippen molar-refractivity contribution >= 4 is 11.8 Å². The van der Waals surface area contributed by atoms with Crippen LogP contribution < -0.4 is 5.32 Å². The summed E-state index contributed by atoms with van der Waals surface area (Å²) in [7, 11) is 1.99. The quantitative estimate of drug-likeness (QED) is 0.730. The second-order valence-corrected chi connectivity index (χ2v) is 4.44. The van der Waals surface area contributed by atoms with Crippen LogP contribution in [0.15, 0.2) is 6.33 Å². The monoisotopic (exact) mass is 198 g/mol. The van der Waals surface area contributed by atoms with Gasteiger partial charge < -0.3 is 9.88 Å². The normalized spacial score (nSPS) is 23.3. The lowest BCUT2D eigenvalue weighted by Gasteiger charge is -2.22. The van der Waals surface area contributed by atoms with Gasteiger partial charge in [-0.05, 0) is 0 Å². The molecule has 1 fully saturated rings. The first-order valence-electron chi connectivity index (χ1n) is 4.50. The summed E-state index contributed by atoms with van der Waals surface area (Å²) in [6.45, 7) is 1.12. The first-order chi connectivity index (χ1) is 6.36. The van der Waals surface area contributed by atoms with Gasteiger partial charge in [-0.15, -0.1) is 10.2 Å². The molecule has 1 aliphatic heterocycles. The van der Waals surface area contributed by atoms with Crippen LogP contribution in [0.3, 0.4) is 0 Å². The molecule has 0 bridgehead atoms. The van der Waals surface area contributed by atoms with Crippen molar-refractivity contribution in [3.63, 3.8) is 0 Å². The highest BCUT2D eigenvalue weighted by molar-refractivity contribution is 7.99. The lowest BCUT2D eigenvalue weighted by Crippen LogP contribution is -2.39. The predicted molar refractivity (Wildman–Crippen MR) is 53.8 cm³/mol. The number of hydrogen-bond donors (Lipinski definition) is 1. The summed E-state index contributed by atoms with van der Waals surface area (Å²) in [6.07, 6.45) is 2.74. The topological polar surface area (TPSA) is 42.7 Å². The maximum atomic E-state index is 4.07. The number of nitrogens with zero attached hydrogens (tertiary/aromatic N) is 3. The molecule has 0 aliphatic carbocycles. The van der Waals surface area contributed by atoms with Gasteiger partial charge in [0.2, 0.25) is 0 Å². The molecule has 0 spiro atoms. The van der Waals surface area contributed by atoms with Crippen LogP contribution >= 0.6 is 11.8 Å². The zero-order valence-electron chi connectivity index (χ0n) is 7.73. The number of hydrogen-bond acceptors (Lipinski definition) is 4. The second kappa shape index (κ2) is 4.11. The maximum absolute atomic E-state index is 4.07. The summed E-state index contributed by atoms with van der Waals surface area (Å²) in [6, 6.07) is 0.571. The predicted octanol–water partition coefficient (Wildman–Crippen LogP) is 0.0626. The van der Waals surface area contributed by atoms with Crippen molar-refractivity contribution in [3.05, 3.63) is 12.2 Å². The van der Waals surface area contributed by atoms with E-state index in [1.54, 1.807) is 6.33 Å². The summed E-state index contributed by atoms with van der Waals surface area (Å²) >= 11 is 2.01. The second-order valence-electron chi connectivity index (χ2n) is 3.29. The smallest absolute Gasteiger partial charge is 0.134 e. The van der Waals surface area contributed by atoms with Gasteiger partial charge in [0.25, 0.3) is 0 Å². The minimum absolute atomic E-state index is 0.571. The highest BCUT2D eigenvalue weighted by Gasteiger charge is 2.15. The Morgan fingerprint density at radius 1 is 1.77 bits per heavy atom. The van der Waals surface area contributed by atoms with E-state index in [4.69, 9.17) is 0 Å². The van der Waals surface area contributed by atoms with E-state index in [0.717, 1.165) is 18.8 Å². The highest BCUT2D eigenvalue weighted by Crippen LogP contribution is 2.10. The highest BCUT2D eigenvalue weighted by atomic mass is 32.2. The summed E-state index contributed by atoms with van der Waals surface area (Å²) in [4.78, 5) is 0. The molecule has 0 saturated carbocycles. The van der Waals surface area contributed by atoms with Gasteiger partial charge in [-0.2, -0.15) is 11.8 Å². The molecular weight excluding hydrogens is 184 g/mol. The third-order valence-electron chi connectivity index (χ3n) is 2.23. The minimum Gasteiger partial charge on any atom is -0.321 e. The molecule has 13 heavy (non-hydrogen) atoms. The summed E-state index contributed by atoms with van der Waals surface area (Å²) < 4.78 is 1.99. The molecule has 0 amide bonds. The SMILES string of the molecule is Cn1cnnc1CC1CSCCN1. The van der Waals surface area contributed by atoms with Gasteiger partial charge in [-0.25, -0.2) is 0 Å². The first kappa shape index (κ1) is 9.02. The molecule has 1 unspecified atom stereocenters. The third-order valence-corrected chi connectivity index (χ3v) is 3.36. The molecule has 72 valence electrons. The molecule has 1 aromatic rings. The Labute approximate surface area is 82.1 Å². The standard InChI is InChI=1S/C8H14N4S/c1-12-6-10-11-8(12)4-7-5-13-3-2-9-7/h6-7,9H,2-5H2,1H3. The molecule has 2 heterocycles. The van der Waals surface area contributed by atoms with Crippen LogP contribution in [0.2, 0.25) is 0 Å². The van der Waals surface area contributed by atoms with E-state index in [1.807, 2.05) is 23.4 Å². The Morgan fingerprint density at radius 2 is 2.69 bits per heavy atom. The van der Waals surface area contributed by atoms with Crippen molar-refractivity contribution in [2.45, 2.75) is 12.5 Å².